The monoisotopic (exact) mass is 316 g/mol. The van der Waals surface area contributed by atoms with Crippen LogP contribution in [0.5, 0.6) is 0 Å². The van der Waals surface area contributed by atoms with Gasteiger partial charge in [-0.3, -0.25) is 9.48 Å². The Balaban J connectivity index is 1.84. The van der Waals surface area contributed by atoms with Gasteiger partial charge >= 0.3 is 5.97 Å². The van der Waals surface area contributed by atoms with Crippen molar-refractivity contribution in [3.63, 3.8) is 0 Å². The molecular formula is C12H20N4O4S. The van der Waals surface area contributed by atoms with Crippen LogP contribution >= 0.6 is 0 Å². The van der Waals surface area contributed by atoms with Crippen molar-refractivity contribution in [3.05, 3.63) is 12.4 Å². The van der Waals surface area contributed by atoms with E-state index in [-0.39, 0.29) is 17.9 Å². The Hall–Kier alpha value is -1.45. The Labute approximate surface area is 123 Å². The van der Waals surface area contributed by atoms with E-state index < -0.39 is 16.0 Å². The summed E-state index contributed by atoms with van der Waals surface area (Å²) in [5.41, 5.74) is 0. The summed E-state index contributed by atoms with van der Waals surface area (Å²) in [7, 11) is -1.60. The lowest BCUT2D eigenvalue weighted by atomic mass is 10.4. The number of sulfonamides is 1. The van der Waals surface area contributed by atoms with Crippen molar-refractivity contribution < 1.29 is 18.3 Å². The van der Waals surface area contributed by atoms with Gasteiger partial charge in [-0.05, 0) is 19.9 Å². The SMILES string of the molecule is CN(CCNS(=O)(=O)c1cnn(CCC(=O)O)c1)C1CC1. The van der Waals surface area contributed by atoms with Crippen LogP contribution in [0.3, 0.4) is 0 Å². The summed E-state index contributed by atoms with van der Waals surface area (Å²) in [6, 6.07) is 0.591. The Morgan fingerprint density at radius 1 is 1.57 bits per heavy atom. The van der Waals surface area contributed by atoms with Crippen molar-refractivity contribution in [1.82, 2.24) is 19.4 Å². The molecular weight excluding hydrogens is 296 g/mol. The highest BCUT2D eigenvalue weighted by Gasteiger charge is 2.26. The van der Waals surface area contributed by atoms with Gasteiger partial charge in [-0.25, -0.2) is 13.1 Å². The van der Waals surface area contributed by atoms with Crippen molar-refractivity contribution in [2.45, 2.75) is 36.7 Å². The molecule has 0 unspecified atom stereocenters. The Morgan fingerprint density at radius 3 is 2.90 bits per heavy atom. The van der Waals surface area contributed by atoms with E-state index in [1.807, 2.05) is 7.05 Å². The number of nitrogens with zero attached hydrogens (tertiary/aromatic N) is 3. The minimum Gasteiger partial charge on any atom is -0.481 e. The highest BCUT2D eigenvalue weighted by Crippen LogP contribution is 2.24. The van der Waals surface area contributed by atoms with Crippen molar-refractivity contribution in [1.29, 1.82) is 0 Å². The van der Waals surface area contributed by atoms with E-state index in [0.717, 1.165) is 0 Å². The fraction of sp³-hybridized carbons (Fsp3) is 0.667. The molecule has 0 saturated heterocycles. The number of aryl methyl sites for hydroxylation is 1. The first kappa shape index (κ1) is 15.9. The van der Waals surface area contributed by atoms with Crippen molar-refractivity contribution in [3.8, 4) is 0 Å². The second kappa shape index (κ2) is 6.54. The van der Waals surface area contributed by atoms with Gasteiger partial charge in [0.15, 0.2) is 0 Å². The summed E-state index contributed by atoms with van der Waals surface area (Å²) < 4.78 is 27.9. The van der Waals surface area contributed by atoms with Gasteiger partial charge < -0.3 is 10.0 Å². The highest BCUT2D eigenvalue weighted by molar-refractivity contribution is 7.89. The van der Waals surface area contributed by atoms with Gasteiger partial charge in [-0.2, -0.15) is 5.10 Å². The van der Waals surface area contributed by atoms with Gasteiger partial charge in [0, 0.05) is 25.3 Å². The summed E-state index contributed by atoms with van der Waals surface area (Å²) in [6.07, 6.45) is 4.84. The third-order valence-corrected chi connectivity index (χ3v) is 4.82. The molecule has 2 rings (SSSR count). The van der Waals surface area contributed by atoms with E-state index in [1.165, 1.54) is 29.9 Å². The van der Waals surface area contributed by atoms with E-state index in [0.29, 0.717) is 19.1 Å². The maximum Gasteiger partial charge on any atom is 0.305 e. The van der Waals surface area contributed by atoms with Crippen LogP contribution in [0, 0.1) is 0 Å². The summed E-state index contributed by atoms with van der Waals surface area (Å²) >= 11 is 0. The molecule has 118 valence electrons. The van der Waals surface area contributed by atoms with Gasteiger partial charge in [0.1, 0.15) is 4.90 Å². The minimum absolute atomic E-state index is 0.0574. The van der Waals surface area contributed by atoms with Crippen LogP contribution in [0.4, 0.5) is 0 Å². The molecule has 0 aliphatic heterocycles. The number of nitrogens with one attached hydrogen (secondary N) is 1. The quantitative estimate of drug-likeness (QED) is 0.650. The molecule has 1 saturated carbocycles. The molecule has 0 radical (unpaired) electrons. The topological polar surface area (TPSA) is 105 Å². The molecule has 1 aromatic heterocycles. The van der Waals surface area contributed by atoms with Gasteiger partial charge in [-0.1, -0.05) is 0 Å². The number of likely N-dealkylation sites (N-methyl/N-ethyl adjacent to an activating group) is 1. The maximum absolute atomic E-state index is 12.1. The molecule has 0 spiro atoms. The molecule has 1 fully saturated rings. The standard InChI is InChI=1S/C12H20N4O4S/c1-15(10-2-3-10)7-5-14-21(19,20)11-8-13-16(9-11)6-4-12(17)18/h8-10,14H,2-7H2,1H3,(H,17,18). The van der Waals surface area contributed by atoms with Gasteiger partial charge in [0.25, 0.3) is 0 Å². The molecule has 0 aromatic carbocycles. The smallest absolute Gasteiger partial charge is 0.305 e. The molecule has 1 aliphatic rings. The summed E-state index contributed by atoms with van der Waals surface area (Å²) in [6.45, 7) is 1.15. The summed E-state index contributed by atoms with van der Waals surface area (Å²) in [4.78, 5) is 12.7. The van der Waals surface area contributed by atoms with Crippen LogP contribution in [0.25, 0.3) is 0 Å². The Morgan fingerprint density at radius 2 is 2.29 bits per heavy atom. The predicted molar refractivity (Wildman–Crippen MR) is 75.3 cm³/mol. The van der Waals surface area contributed by atoms with Gasteiger partial charge in [-0.15, -0.1) is 0 Å². The Kier molecular flexibility index (Phi) is 4.96. The van der Waals surface area contributed by atoms with Gasteiger partial charge in [0.2, 0.25) is 10.0 Å². The third kappa shape index (κ3) is 4.80. The fourth-order valence-corrected chi connectivity index (χ4v) is 2.93. The van der Waals surface area contributed by atoms with E-state index in [2.05, 4.69) is 14.7 Å². The van der Waals surface area contributed by atoms with Crippen molar-refractivity contribution in [2.24, 2.45) is 0 Å². The highest BCUT2D eigenvalue weighted by atomic mass is 32.2. The summed E-state index contributed by atoms with van der Waals surface area (Å²) in [5, 5.41) is 12.4. The van der Waals surface area contributed by atoms with Crippen LogP contribution in [0.2, 0.25) is 0 Å². The second-order valence-electron chi connectivity index (χ2n) is 5.19. The van der Waals surface area contributed by atoms with E-state index in [9.17, 15) is 13.2 Å². The third-order valence-electron chi connectivity index (χ3n) is 3.40. The number of carboxylic acids is 1. The van der Waals surface area contributed by atoms with Crippen LogP contribution in [-0.2, 0) is 21.4 Å². The number of hydrogen-bond donors (Lipinski definition) is 2. The van der Waals surface area contributed by atoms with E-state index in [1.54, 1.807) is 0 Å². The van der Waals surface area contributed by atoms with E-state index in [4.69, 9.17) is 5.11 Å². The molecule has 0 atom stereocenters. The molecule has 0 bridgehead atoms. The lowest BCUT2D eigenvalue weighted by Gasteiger charge is -2.15. The lowest BCUT2D eigenvalue weighted by molar-refractivity contribution is -0.137. The maximum atomic E-state index is 12.1. The Bertz CT molecular complexity index is 594. The van der Waals surface area contributed by atoms with Crippen LogP contribution < -0.4 is 4.72 Å². The first-order valence-corrected chi connectivity index (χ1v) is 8.31. The van der Waals surface area contributed by atoms with E-state index >= 15 is 0 Å². The molecule has 9 heteroatoms. The fourth-order valence-electron chi connectivity index (χ4n) is 1.95. The lowest BCUT2D eigenvalue weighted by Crippen LogP contribution is -2.33. The molecule has 1 aliphatic carbocycles. The first-order chi connectivity index (χ1) is 9.88. The molecule has 8 nitrogen and oxygen atoms in total. The number of carbonyl (C=O) groups is 1. The van der Waals surface area contributed by atoms with Crippen LogP contribution in [0.1, 0.15) is 19.3 Å². The number of rotatable bonds is 9. The zero-order valence-electron chi connectivity index (χ0n) is 11.9. The average molecular weight is 316 g/mol. The summed E-state index contributed by atoms with van der Waals surface area (Å²) in [5.74, 6) is -0.948. The number of hydrogen-bond acceptors (Lipinski definition) is 5. The average Bonchev–Trinajstić information content (AvgIpc) is 3.14. The second-order valence-corrected chi connectivity index (χ2v) is 6.96. The number of aromatic nitrogens is 2. The van der Waals surface area contributed by atoms with Crippen molar-refractivity contribution >= 4 is 16.0 Å². The molecule has 2 N–H and O–H groups in total. The molecule has 1 heterocycles. The van der Waals surface area contributed by atoms with Crippen LogP contribution in [0.15, 0.2) is 17.3 Å². The number of carboxylic acid groups (broad SMARTS) is 1. The minimum atomic E-state index is -3.59. The zero-order chi connectivity index (χ0) is 15.5. The van der Waals surface area contributed by atoms with Crippen LogP contribution in [-0.4, -0.2) is 60.4 Å². The molecule has 1 aromatic rings. The van der Waals surface area contributed by atoms with Gasteiger partial charge in [0.05, 0.1) is 19.2 Å². The largest absolute Gasteiger partial charge is 0.481 e. The zero-order valence-corrected chi connectivity index (χ0v) is 12.7. The molecule has 0 amide bonds. The first-order valence-electron chi connectivity index (χ1n) is 6.82. The predicted octanol–water partition coefficient (Wildman–Crippen LogP) is -0.270. The normalized spacial score (nSPS) is 15.5. The van der Waals surface area contributed by atoms with Crippen molar-refractivity contribution in [2.75, 3.05) is 20.1 Å². The molecule has 21 heavy (non-hydrogen) atoms. The number of aliphatic carboxylic acids is 1.